The Morgan fingerprint density at radius 1 is 1.00 bits per heavy atom. The van der Waals surface area contributed by atoms with Crippen LogP contribution in [0.4, 0.5) is 10.1 Å². The van der Waals surface area contributed by atoms with Gasteiger partial charge in [-0.15, -0.1) is 0 Å². The van der Waals surface area contributed by atoms with E-state index in [-0.39, 0.29) is 36.7 Å². The van der Waals surface area contributed by atoms with Gasteiger partial charge in [-0.3, -0.25) is 19.7 Å². The first-order chi connectivity index (χ1) is 20.3. The molecule has 0 aliphatic carbocycles. The van der Waals surface area contributed by atoms with Gasteiger partial charge in [0.15, 0.2) is 0 Å². The van der Waals surface area contributed by atoms with Gasteiger partial charge in [0.25, 0.3) is 5.69 Å². The van der Waals surface area contributed by atoms with Crippen LogP contribution in [0.5, 0.6) is 5.75 Å². The highest BCUT2D eigenvalue weighted by atomic mass is 19.1. The molecular formula is C33H30FN3O5. The summed E-state index contributed by atoms with van der Waals surface area (Å²) in [7, 11) is 1.58. The Balaban J connectivity index is 1.60. The number of benzene rings is 4. The molecule has 4 aromatic carbocycles. The summed E-state index contributed by atoms with van der Waals surface area (Å²) < 4.78 is 21.0. The first-order valence-corrected chi connectivity index (χ1v) is 13.6. The normalized spacial score (nSPS) is 18.1. The van der Waals surface area contributed by atoms with Crippen molar-refractivity contribution in [3.8, 4) is 5.75 Å². The van der Waals surface area contributed by atoms with E-state index in [2.05, 4.69) is 5.32 Å². The number of nitrogens with zero attached hydrogens (tertiary/aromatic N) is 2. The Morgan fingerprint density at radius 3 is 2.31 bits per heavy atom. The van der Waals surface area contributed by atoms with Crippen molar-refractivity contribution in [3.63, 3.8) is 0 Å². The topological polar surface area (TPSA) is 102 Å². The molecule has 1 aliphatic heterocycles. The maximum atomic E-state index is 15.8. The maximum Gasteiger partial charge on any atom is 0.269 e. The van der Waals surface area contributed by atoms with Crippen molar-refractivity contribution in [3.05, 3.63) is 141 Å². The van der Waals surface area contributed by atoms with Crippen molar-refractivity contribution >= 4 is 17.5 Å². The standard InChI is InChI=1S/C33H30FN3O5/c1-42-27-15-12-23(13-16-27)18-19-35-32(39)33(28-20-26(37(40)41)14-17-29(28)34)21-30(38)36(22-24-8-4-2-5-9-24)31(33)25-10-6-3-7-11-25/h2-17,20,31H,18-19,21-22H2,1H3,(H,35,39)/t31-,33-/m1/s1. The Kier molecular flexibility index (Phi) is 8.28. The van der Waals surface area contributed by atoms with Crippen LogP contribution >= 0.6 is 0 Å². The quantitative estimate of drug-likeness (QED) is 0.201. The average Bonchev–Trinajstić information content (AvgIpc) is 3.30. The van der Waals surface area contributed by atoms with E-state index in [1.165, 1.54) is 0 Å². The molecule has 1 N–H and O–H groups in total. The molecule has 1 fully saturated rings. The van der Waals surface area contributed by atoms with Crippen molar-refractivity contribution < 1.29 is 23.6 Å². The van der Waals surface area contributed by atoms with Gasteiger partial charge in [-0.05, 0) is 41.3 Å². The molecule has 0 bridgehead atoms. The zero-order valence-corrected chi connectivity index (χ0v) is 23.0. The average molecular weight is 568 g/mol. The van der Waals surface area contributed by atoms with Crippen LogP contribution in [0.1, 0.15) is 34.7 Å². The van der Waals surface area contributed by atoms with E-state index in [0.29, 0.717) is 17.7 Å². The lowest BCUT2D eigenvalue weighted by molar-refractivity contribution is -0.385. The van der Waals surface area contributed by atoms with Crippen LogP contribution in [0, 0.1) is 15.9 Å². The number of methoxy groups -OCH3 is 1. The molecule has 1 saturated heterocycles. The van der Waals surface area contributed by atoms with Gasteiger partial charge < -0.3 is 15.0 Å². The minimum Gasteiger partial charge on any atom is -0.497 e. The maximum absolute atomic E-state index is 15.8. The largest absolute Gasteiger partial charge is 0.497 e. The van der Waals surface area contributed by atoms with E-state index in [0.717, 1.165) is 29.3 Å². The second-order valence-electron chi connectivity index (χ2n) is 10.2. The molecule has 0 unspecified atom stereocenters. The van der Waals surface area contributed by atoms with Gasteiger partial charge in [0.05, 0.1) is 18.1 Å². The number of halogens is 1. The summed E-state index contributed by atoms with van der Waals surface area (Å²) in [4.78, 5) is 40.9. The van der Waals surface area contributed by atoms with Crippen LogP contribution in [0.15, 0.2) is 103 Å². The van der Waals surface area contributed by atoms with Crippen LogP contribution < -0.4 is 10.1 Å². The third kappa shape index (κ3) is 5.58. The van der Waals surface area contributed by atoms with Crippen molar-refractivity contribution in [2.45, 2.75) is 30.8 Å². The highest BCUT2D eigenvalue weighted by Gasteiger charge is 2.59. The molecule has 0 spiro atoms. The van der Waals surface area contributed by atoms with Gasteiger partial charge in [-0.1, -0.05) is 72.8 Å². The van der Waals surface area contributed by atoms with E-state index in [1.807, 2.05) is 60.7 Å². The summed E-state index contributed by atoms with van der Waals surface area (Å²) in [5, 5.41) is 14.7. The number of nitro benzene ring substituents is 1. The molecule has 214 valence electrons. The number of non-ortho nitro benzene ring substituents is 1. The molecule has 0 aromatic heterocycles. The minimum atomic E-state index is -1.77. The molecule has 4 aromatic rings. The zero-order chi connectivity index (χ0) is 29.7. The second kappa shape index (κ2) is 12.2. The van der Waals surface area contributed by atoms with E-state index < -0.39 is 28.1 Å². The van der Waals surface area contributed by atoms with Crippen LogP contribution in [0.2, 0.25) is 0 Å². The summed E-state index contributed by atoms with van der Waals surface area (Å²) in [6, 6.07) is 27.9. The molecule has 2 atom stereocenters. The van der Waals surface area contributed by atoms with Gasteiger partial charge >= 0.3 is 0 Å². The van der Waals surface area contributed by atoms with E-state index >= 15 is 4.39 Å². The number of ether oxygens (including phenoxy) is 1. The number of nitro groups is 1. The predicted octanol–water partition coefficient (Wildman–Crippen LogP) is 5.51. The lowest BCUT2D eigenvalue weighted by Gasteiger charge is -2.37. The Bertz CT molecular complexity index is 1580. The number of nitrogens with one attached hydrogen (secondary N) is 1. The number of hydrogen-bond donors (Lipinski definition) is 1. The molecule has 0 radical (unpaired) electrons. The van der Waals surface area contributed by atoms with Crippen molar-refractivity contribution in [2.75, 3.05) is 13.7 Å². The van der Waals surface area contributed by atoms with E-state index in [4.69, 9.17) is 4.74 Å². The van der Waals surface area contributed by atoms with Gasteiger partial charge in [-0.25, -0.2) is 4.39 Å². The molecule has 9 heteroatoms. The smallest absolute Gasteiger partial charge is 0.269 e. The number of rotatable bonds is 10. The first kappa shape index (κ1) is 28.5. The molecule has 1 aliphatic rings. The molecular weight excluding hydrogens is 537 g/mol. The summed E-state index contributed by atoms with van der Waals surface area (Å²) in [5.74, 6) is -1.02. The molecule has 42 heavy (non-hydrogen) atoms. The van der Waals surface area contributed by atoms with Gasteiger partial charge in [0, 0.05) is 37.2 Å². The van der Waals surface area contributed by atoms with Crippen molar-refractivity contribution in [1.82, 2.24) is 10.2 Å². The highest BCUT2D eigenvalue weighted by molar-refractivity contribution is 5.98. The fourth-order valence-electron chi connectivity index (χ4n) is 5.71. The SMILES string of the molecule is COc1ccc(CCNC(=O)[C@@]2(c3cc([N+](=O)[O-])ccc3F)CC(=O)N(Cc3ccccc3)[C@@H]2c2ccccc2)cc1. The Labute approximate surface area is 242 Å². The van der Waals surface area contributed by atoms with Crippen molar-refractivity contribution in [2.24, 2.45) is 0 Å². The van der Waals surface area contributed by atoms with Gasteiger partial charge in [0.2, 0.25) is 11.8 Å². The van der Waals surface area contributed by atoms with Gasteiger partial charge in [0.1, 0.15) is 17.0 Å². The monoisotopic (exact) mass is 567 g/mol. The summed E-state index contributed by atoms with van der Waals surface area (Å²) in [6.45, 7) is 0.383. The minimum absolute atomic E-state index is 0.177. The van der Waals surface area contributed by atoms with E-state index in [1.54, 1.807) is 36.3 Å². The summed E-state index contributed by atoms with van der Waals surface area (Å²) in [5.41, 5.74) is 0.0782. The van der Waals surface area contributed by atoms with Gasteiger partial charge in [-0.2, -0.15) is 0 Å². The molecule has 8 nitrogen and oxygen atoms in total. The first-order valence-electron chi connectivity index (χ1n) is 13.6. The number of carbonyl (C=O) groups is 2. The lowest BCUT2D eigenvalue weighted by Crippen LogP contribution is -2.49. The zero-order valence-electron chi connectivity index (χ0n) is 23.0. The third-order valence-electron chi connectivity index (χ3n) is 7.74. The second-order valence-corrected chi connectivity index (χ2v) is 10.2. The fourth-order valence-corrected chi connectivity index (χ4v) is 5.71. The van der Waals surface area contributed by atoms with Crippen LogP contribution in [-0.4, -0.2) is 35.3 Å². The molecule has 2 amide bonds. The fraction of sp³-hybridized carbons (Fsp3) is 0.212. The van der Waals surface area contributed by atoms with Crippen molar-refractivity contribution in [1.29, 1.82) is 0 Å². The van der Waals surface area contributed by atoms with Crippen LogP contribution in [0.3, 0.4) is 0 Å². The predicted molar refractivity (Wildman–Crippen MR) is 155 cm³/mol. The highest BCUT2D eigenvalue weighted by Crippen LogP contribution is 2.51. The Hall–Kier alpha value is -5.05. The summed E-state index contributed by atoms with van der Waals surface area (Å²) >= 11 is 0. The van der Waals surface area contributed by atoms with Crippen LogP contribution in [-0.2, 0) is 28.0 Å². The number of amides is 2. The molecule has 0 saturated carbocycles. The number of carbonyl (C=O) groups excluding carboxylic acids is 2. The third-order valence-corrected chi connectivity index (χ3v) is 7.74. The number of likely N-dealkylation sites (tertiary alicyclic amines) is 1. The Morgan fingerprint density at radius 2 is 1.67 bits per heavy atom. The number of hydrogen-bond acceptors (Lipinski definition) is 5. The lowest BCUT2D eigenvalue weighted by atomic mass is 9.70. The molecule has 1 heterocycles. The molecule has 5 rings (SSSR count). The van der Waals surface area contributed by atoms with Crippen LogP contribution in [0.25, 0.3) is 0 Å². The summed E-state index contributed by atoms with van der Waals surface area (Å²) in [6.07, 6.45) is 0.118. The van der Waals surface area contributed by atoms with E-state index in [9.17, 15) is 19.7 Å².